The third-order valence-electron chi connectivity index (χ3n) is 14.6. The van der Waals surface area contributed by atoms with Gasteiger partial charge in [-0.2, -0.15) is 0 Å². The van der Waals surface area contributed by atoms with Crippen molar-refractivity contribution >= 4 is 23.6 Å². The number of amides is 1. The van der Waals surface area contributed by atoms with E-state index in [0.717, 1.165) is 0 Å². The van der Waals surface area contributed by atoms with E-state index in [0.29, 0.717) is 17.7 Å². The van der Waals surface area contributed by atoms with E-state index in [1.165, 1.54) is 14.2 Å². The lowest BCUT2D eigenvalue weighted by Gasteiger charge is -2.50. The third kappa shape index (κ3) is 12.8. The van der Waals surface area contributed by atoms with Gasteiger partial charge in [0.25, 0.3) is 5.91 Å². The molecule has 0 aliphatic carbocycles. The highest BCUT2D eigenvalue weighted by atomic mass is 16.7. The van der Waals surface area contributed by atoms with E-state index in [4.69, 9.17) is 47.4 Å². The number of methoxy groups -OCH3 is 2. The summed E-state index contributed by atoms with van der Waals surface area (Å²) < 4.78 is 64.4. The van der Waals surface area contributed by atoms with Gasteiger partial charge >= 0.3 is 11.9 Å². The van der Waals surface area contributed by atoms with E-state index in [1.54, 1.807) is 51.1 Å². The normalized spacial score (nSPS) is 42.2. The van der Waals surface area contributed by atoms with Crippen LogP contribution in [-0.4, -0.2) is 171 Å². The second-order valence-electron chi connectivity index (χ2n) is 20.2. The Bertz CT molecular complexity index is 1880. The van der Waals surface area contributed by atoms with Gasteiger partial charge in [-0.1, -0.05) is 58.0 Å². The molecule has 4 aliphatic heterocycles. The van der Waals surface area contributed by atoms with Gasteiger partial charge in [-0.15, -0.1) is 0 Å². The van der Waals surface area contributed by atoms with Crippen LogP contribution in [0.25, 0.3) is 0 Å². The van der Waals surface area contributed by atoms with Crippen LogP contribution in [0.4, 0.5) is 0 Å². The number of hydrogen-bond acceptors (Lipinski definition) is 16. The number of nitrogens with zero attached hydrogens (tertiary/aromatic N) is 2. The molecule has 3 fully saturated rings. The van der Waals surface area contributed by atoms with E-state index in [2.05, 4.69) is 4.99 Å². The molecule has 0 radical (unpaired) electrons. The van der Waals surface area contributed by atoms with Crippen LogP contribution in [0.1, 0.15) is 105 Å². The van der Waals surface area contributed by atoms with Crippen LogP contribution in [0, 0.1) is 23.7 Å². The minimum absolute atomic E-state index is 0.0599. The SMILES string of the molecule is CC[C@H]1OC(=O)[C@H](C)[C@@H](O[C@H]2C[C@@](C)(OC)[C@@H](OC(=O)c3ccccc3)[C@H](C)O2)[C@@H](C)[C@@H](O[C@@H]2O[C@H](C)C[C@H](N(C)C)[C@H]2O)[C@]2(C)C[C@@H](C)C(=NC(=O)COC)[C@H](C)[C@@H](OC/C=C\CO2)[C@]1(C)O. The van der Waals surface area contributed by atoms with Gasteiger partial charge in [-0.05, 0) is 93.0 Å². The number of aliphatic hydroxyl groups is 2. The van der Waals surface area contributed by atoms with Crippen molar-refractivity contribution in [1.29, 1.82) is 0 Å². The Labute approximate surface area is 403 Å². The van der Waals surface area contributed by atoms with Crippen molar-refractivity contribution in [3.8, 4) is 0 Å². The Morgan fingerprint density at radius 3 is 2.22 bits per heavy atom. The number of aliphatic hydroxyl groups excluding tert-OH is 1. The average molecular weight is 961 g/mol. The first-order valence-corrected chi connectivity index (χ1v) is 24.2. The number of rotatable bonds is 11. The summed E-state index contributed by atoms with van der Waals surface area (Å²) >= 11 is 0. The molecule has 5 rings (SSSR count). The number of carbonyl (C=O) groups is 3. The second kappa shape index (κ2) is 23.8. The van der Waals surface area contributed by atoms with E-state index in [9.17, 15) is 24.6 Å². The molecule has 3 saturated heterocycles. The zero-order chi connectivity index (χ0) is 50.3. The lowest BCUT2D eigenvalue weighted by atomic mass is 9.73. The second-order valence-corrected chi connectivity index (χ2v) is 20.2. The lowest BCUT2D eigenvalue weighted by molar-refractivity contribution is -0.319. The van der Waals surface area contributed by atoms with Crippen LogP contribution >= 0.6 is 0 Å². The Balaban J connectivity index is 1.69. The molecule has 2 bridgehead atoms. The molecule has 1 amide bonds. The molecule has 384 valence electrons. The van der Waals surface area contributed by atoms with Gasteiger partial charge in [-0.3, -0.25) is 9.59 Å². The van der Waals surface area contributed by atoms with Crippen LogP contribution in [0.15, 0.2) is 47.5 Å². The third-order valence-corrected chi connectivity index (χ3v) is 14.6. The molecule has 17 heteroatoms. The molecular formula is C51H80N2O15. The molecule has 18 atom stereocenters. The van der Waals surface area contributed by atoms with E-state index in [-0.39, 0.29) is 51.2 Å². The van der Waals surface area contributed by atoms with E-state index < -0.39 is 114 Å². The molecule has 0 saturated carbocycles. The molecule has 2 N–H and O–H groups in total. The molecule has 0 aromatic heterocycles. The fourth-order valence-corrected chi connectivity index (χ4v) is 10.8. The quantitative estimate of drug-likeness (QED) is 0.213. The van der Waals surface area contributed by atoms with Crippen LogP contribution in [0.3, 0.4) is 0 Å². The van der Waals surface area contributed by atoms with Crippen molar-refractivity contribution in [3.63, 3.8) is 0 Å². The monoisotopic (exact) mass is 961 g/mol. The predicted octanol–water partition coefficient (Wildman–Crippen LogP) is 5.31. The number of cyclic esters (lactones) is 1. The maximum absolute atomic E-state index is 14.9. The van der Waals surface area contributed by atoms with Crippen molar-refractivity contribution in [1.82, 2.24) is 4.90 Å². The van der Waals surface area contributed by atoms with Crippen molar-refractivity contribution in [2.45, 2.75) is 179 Å². The van der Waals surface area contributed by atoms with Gasteiger partial charge in [-0.25, -0.2) is 9.79 Å². The molecule has 1 aromatic rings. The molecule has 17 nitrogen and oxygen atoms in total. The minimum Gasteiger partial charge on any atom is -0.459 e. The van der Waals surface area contributed by atoms with Gasteiger partial charge in [0.1, 0.15) is 30.0 Å². The Hall–Kier alpha value is -3.20. The maximum Gasteiger partial charge on any atom is 0.338 e. The number of benzene rings is 1. The van der Waals surface area contributed by atoms with Gasteiger partial charge in [0.2, 0.25) is 0 Å². The molecule has 1 aromatic carbocycles. The summed E-state index contributed by atoms with van der Waals surface area (Å²) in [5.74, 6) is -4.76. The Kier molecular flexibility index (Phi) is 19.5. The lowest BCUT2D eigenvalue weighted by Crippen LogP contribution is -2.62. The van der Waals surface area contributed by atoms with Crippen molar-refractivity contribution in [2.75, 3.05) is 48.1 Å². The van der Waals surface area contributed by atoms with Gasteiger partial charge in [0.05, 0.1) is 60.8 Å². The summed E-state index contributed by atoms with van der Waals surface area (Å²) in [5.41, 5.74) is -3.41. The summed E-state index contributed by atoms with van der Waals surface area (Å²) in [6, 6.07) is 8.35. The predicted molar refractivity (Wildman–Crippen MR) is 252 cm³/mol. The first kappa shape index (κ1) is 55.7. The Morgan fingerprint density at radius 2 is 1.59 bits per heavy atom. The van der Waals surface area contributed by atoms with Crippen molar-refractivity contribution in [3.05, 3.63) is 48.0 Å². The molecule has 0 spiro atoms. The molecule has 68 heavy (non-hydrogen) atoms. The highest BCUT2D eigenvalue weighted by Gasteiger charge is 2.55. The summed E-state index contributed by atoms with van der Waals surface area (Å²) in [6.45, 7) is 18.1. The summed E-state index contributed by atoms with van der Waals surface area (Å²) in [6.07, 6.45) is -4.68. The number of esters is 2. The van der Waals surface area contributed by atoms with Gasteiger partial charge in [0.15, 0.2) is 18.7 Å². The van der Waals surface area contributed by atoms with E-state index >= 15 is 0 Å². The van der Waals surface area contributed by atoms with Crippen molar-refractivity contribution < 1.29 is 72.0 Å². The zero-order valence-electron chi connectivity index (χ0n) is 42.7. The zero-order valence-corrected chi connectivity index (χ0v) is 42.7. The minimum atomic E-state index is -1.80. The molecule has 4 heterocycles. The number of carbonyl (C=O) groups excluding carboxylic acids is 3. The van der Waals surface area contributed by atoms with Gasteiger partial charge < -0.3 is 62.5 Å². The molecule has 0 unspecified atom stereocenters. The summed E-state index contributed by atoms with van der Waals surface area (Å²) in [4.78, 5) is 48.3. The Morgan fingerprint density at radius 1 is 0.912 bits per heavy atom. The van der Waals surface area contributed by atoms with E-state index in [1.807, 2.05) is 79.6 Å². The average Bonchev–Trinajstić information content (AvgIpc) is 3.28. The topological polar surface area (TPSA) is 200 Å². The largest absolute Gasteiger partial charge is 0.459 e. The highest BCUT2D eigenvalue weighted by molar-refractivity contribution is 5.99. The number of aliphatic imine (C=N–C) groups is 1. The van der Waals surface area contributed by atoms with Crippen LogP contribution in [0.5, 0.6) is 0 Å². The number of hydrogen-bond donors (Lipinski definition) is 2. The van der Waals surface area contributed by atoms with Crippen LogP contribution in [0.2, 0.25) is 0 Å². The highest BCUT2D eigenvalue weighted by Crippen LogP contribution is 2.43. The molecule has 4 aliphatic rings. The first-order valence-electron chi connectivity index (χ1n) is 24.2. The summed E-state index contributed by atoms with van der Waals surface area (Å²) in [5, 5.41) is 24.6. The van der Waals surface area contributed by atoms with Crippen LogP contribution < -0.4 is 0 Å². The summed E-state index contributed by atoms with van der Waals surface area (Å²) in [7, 11) is 6.74. The fourth-order valence-electron chi connectivity index (χ4n) is 10.8. The number of fused-ring (bicyclic) bond motifs is 5. The first-order chi connectivity index (χ1) is 32.0. The van der Waals surface area contributed by atoms with Gasteiger partial charge in [0, 0.05) is 44.2 Å². The smallest absolute Gasteiger partial charge is 0.338 e. The fraction of sp³-hybridized carbons (Fsp3) is 0.765. The maximum atomic E-state index is 14.9. The number of ether oxygens (including phenoxy) is 10. The van der Waals surface area contributed by atoms with Crippen LogP contribution in [-0.2, 0) is 57.0 Å². The number of likely N-dealkylation sites (N-methyl/N-ethyl adjacent to an activating group) is 1. The molecular weight excluding hydrogens is 881 g/mol. The standard InChI is InChI=1S/C51H80N2O15/c1-15-37-51(10,58)44-31(4)40(52-38(54)28-59-13)29(2)26-50(9,62-24-20-19-23-61-44)43(68-48-41(55)36(53(11)12)25-30(3)63-48)32(5)42(33(6)46(56)65-37)66-39-27-49(8,60-14)45(34(7)64-39)67-47(57)35-21-17-16-18-22-35/h16-22,29-34,36-37,39,41-45,48,55,58H,15,23-28H2,1-14H3/b20-19-,52-40?/t29-,30-,31+,32-,33-,34+,36+,37-,39+,41-,42+,43-,44-,45+,48+,49-,50+,51-/m1/s1. The van der Waals surface area contributed by atoms with Crippen molar-refractivity contribution in [2.24, 2.45) is 28.7 Å².